The fraction of sp³-hybridized carbons (Fsp3) is 0.385. The number of hydrogen-bond donors (Lipinski definition) is 1. The molecule has 2 aromatic rings. The molecule has 0 aliphatic rings. The summed E-state index contributed by atoms with van der Waals surface area (Å²) in [6, 6.07) is 7.72. The summed E-state index contributed by atoms with van der Waals surface area (Å²) < 4.78 is 1.90. The van der Waals surface area contributed by atoms with Crippen LogP contribution in [-0.2, 0) is 4.79 Å². The summed E-state index contributed by atoms with van der Waals surface area (Å²) in [7, 11) is 0. The van der Waals surface area contributed by atoms with E-state index in [2.05, 4.69) is 10.3 Å². The summed E-state index contributed by atoms with van der Waals surface area (Å²) >= 11 is 0. The Balaban J connectivity index is 2.30. The third kappa shape index (κ3) is 2.30. The molecule has 0 saturated heterocycles. The van der Waals surface area contributed by atoms with Gasteiger partial charge < -0.3 is 9.88 Å². The van der Waals surface area contributed by atoms with Gasteiger partial charge in [0.05, 0.1) is 17.4 Å². The van der Waals surface area contributed by atoms with E-state index in [1.165, 1.54) is 0 Å². The summed E-state index contributed by atoms with van der Waals surface area (Å²) in [5, 5.41) is 2.91. The topological polar surface area (TPSA) is 46.9 Å². The zero-order chi connectivity index (χ0) is 12.4. The second kappa shape index (κ2) is 4.57. The number of nitrogens with one attached hydrogen (secondary N) is 1. The van der Waals surface area contributed by atoms with Crippen LogP contribution >= 0.6 is 0 Å². The molecule has 1 aromatic carbocycles. The highest BCUT2D eigenvalue weighted by Crippen LogP contribution is 2.17. The average molecular weight is 231 g/mol. The highest BCUT2D eigenvalue weighted by Gasteiger charge is 2.17. The van der Waals surface area contributed by atoms with Crippen molar-refractivity contribution in [3.63, 3.8) is 0 Å². The van der Waals surface area contributed by atoms with E-state index in [9.17, 15) is 4.79 Å². The Hall–Kier alpha value is -1.84. The Kier molecular flexibility index (Phi) is 3.13. The number of fused-ring (bicyclic) bond motifs is 1. The van der Waals surface area contributed by atoms with Crippen molar-refractivity contribution in [1.29, 1.82) is 0 Å². The third-order valence-electron chi connectivity index (χ3n) is 2.71. The SMILES string of the molecule is CC(C)NC(=O)C(C)n1cnc2ccccc21. The minimum atomic E-state index is -0.246. The smallest absolute Gasteiger partial charge is 0.243 e. The van der Waals surface area contributed by atoms with Gasteiger partial charge in [-0.3, -0.25) is 4.79 Å². The summed E-state index contributed by atoms with van der Waals surface area (Å²) in [5.41, 5.74) is 1.90. The second-order valence-corrected chi connectivity index (χ2v) is 4.48. The van der Waals surface area contributed by atoms with Crippen molar-refractivity contribution >= 4 is 16.9 Å². The molecule has 90 valence electrons. The molecule has 1 atom stereocenters. The molecule has 1 amide bonds. The molecule has 4 heteroatoms. The van der Waals surface area contributed by atoms with E-state index in [0.29, 0.717) is 0 Å². The van der Waals surface area contributed by atoms with E-state index >= 15 is 0 Å². The fourth-order valence-electron chi connectivity index (χ4n) is 1.82. The lowest BCUT2D eigenvalue weighted by atomic mass is 10.2. The van der Waals surface area contributed by atoms with Crippen LogP contribution < -0.4 is 5.32 Å². The van der Waals surface area contributed by atoms with Gasteiger partial charge in [0, 0.05) is 6.04 Å². The first-order valence-electron chi connectivity index (χ1n) is 5.81. The average Bonchev–Trinajstić information content (AvgIpc) is 2.70. The predicted octanol–water partition coefficient (Wildman–Crippen LogP) is 2.12. The van der Waals surface area contributed by atoms with E-state index in [-0.39, 0.29) is 18.0 Å². The molecule has 0 aliphatic heterocycles. The normalized spacial score (nSPS) is 12.9. The molecule has 0 fully saturated rings. The zero-order valence-electron chi connectivity index (χ0n) is 10.3. The van der Waals surface area contributed by atoms with Crippen LogP contribution in [0.3, 0.4) is 0 Å². The van der Waals surface area contributed by atoms with Crippen LogP contribution in [0.5, 0.6) is 0 Å². The molecular weight excluding hydrogens is 214 g/mol. The van der Waals surface area contributed by atoms with Crippen LogP contribution in [0.1, 0.15) is 26.8 Å². The zero-order valence-corrected chi connectivity index (χ0v) is 10.3. The first kappa shape index (κ1) is 11.6. The molecule has 0 bridgehead atoms. The molecule has 2 rings (SSSR count). The molecule has 0 saturated carbocycles. The van der Waals surface area contributed by atoms with E-state index in [1.54, 1.807) is 6.33 Å². The number of benzene rings is 1. The monoisotopic (exact) mass is 231 g/mol. The van der Waals surface area contributed by atoms with Gasteiger partial charge in [0.1, 0.15) is 6.04 Å². The van der Waals surface area contributed by atoms with Crippen molar-refractivity contribution in [3.8, 4) is 0 Å². The maximum Gasteiger partial charge on any atom is 0.243 e. The number of aromatic nitrogens is 2. The van der Waals surface area contributed by atoms with Gasteiger partial charge in [-0.2, -0.15) is 0 Å². The van der Waals surface area contributed by atoms with Gasteiger partial charge >= 0.3 is 0 Å². The number of carbonyl (C=O) groups is 1. The Morgan fingerprint density at radius 3 is 2.71 bits per heavy atom. The standard InChI is InChI=1S/C13H17N3O/c1-9(2)15-13(17)10(3)16-8-14-11-6-4-5-7-12(11)16/h4-10H,1-3H3,(H,15,17). The third-order valence-corrected chi connectivity index (χ3v) is 2.71. The highest BCUT2D eigenvalue weighted by atomic mass is 16.2. The predicted molar refractivity (Wildman–Crippen MR) is 67.7 cm³/mol. The Morgan fingerprint density at radius 2 is 2.00 bits per heavy atom. The van der Waals surface area contributed by atoms with Crippen molar-refractivity contribution in [3.05, 3.63) is 30.6 Å². The Bertz CT molecular complexity index is 530. The van der Waals surface area contributed by atoms with Gasteiger partial charge in [-0.15, -0.1) is 0 Å². The molecule has 1 aromatic heterocycles. The lowest BCUT2D eigenvalue weighted by Gasteiger charge is -2.16. The molecule has 1 heterocycles. The van der Waals surface area contributed by atoms with Crippen LogP contribution in [0.15, 0.2) is 30.6 Å². The molecule has 0 spiro atoms. The maximum atomic E-state index is 11.9. The number of rotatable bonds is 3. The van der Waals surface area contributed by atoms with Crippen LogP contribution in [0.2, 0.25) is 0 Å². The van der Waals surface area contributed by atoms with Crippen molar-refractivity contribution in [2.24, 2.45) is 0 Å². The van der Waals surface area contributed by atoms with Crippen molar-refractivity contribution in [2.45, 2.75) is 32.9 Å². The lowest BCUT2D eigenvalue weighted by Crippen LogP contribution is -2.35. The van der Waals surface area contributed by atoms with Crippen LogP contribution in [0.4, 0.5) is 0 Å². The van der Waals surface area contributed by atoms with Gasteiger partial charge in [-0.1, -0.05) is 12.1 Å². The number of nitrogens with zero attached hydrogens (tertiary/aromatic N) is 2. The van der Waals surface area contributed by atoms with Crippen LogP contribution in [0, 0.1) is 0 Å². The highest BCUT2D eigenvalue weighted by molar-refractivity contribution is 5.83. The maximum absolute atomic E-state index is 11.9. The van der Waals surface area contributed by atoms with Gasteiger partial charge in [0.15, 0.2) is 0 Å². The molecule has 0 aliphatic carbocycles. The molecule has 4 nitrogen and oxygen atoms in total. The first-order chi connectivity index (χ1) is 8.09. The summed E-state index contributed by atoms with van der Waals surface area (Å²) in [6.45, 7) is 5.79. The molecule has 17 heavy (non-hydrogen) atoms. The Labute approximate surface area is 101 Å². The fourth-order valence-corrected chi connectivity index (χ4v) is 1.82. The van der Waals surface area contributed by atoms with E-state index < -0.39 is 0 Å². The molecule has 1 N–H and O–H groups in total. The van der Waals surface area contributed by atoms with Crippen LogP contribution in [0.25, 0.3) is 11.0 Å². The van der Waals surface area contributed by atoms with Gasteiger partial charge in [-0.25, -0.2) is 4.98 Å². The summed E-state index contributed by atoms with van der Waals surface area (Å²) in [4.78, 5) is 16.2. The first-order valence-corrected chi connectivity index (χ1v) is 5.81. The summed E-state index contributed by atoms with van der Waals surface area (Å²) in [6.07, 6.45) is 1.72. The van der Waals surface area contributed by atoms with E-state index in [0.717, 1.165) is 11.0 Å². The minimum absolute atomic E-state index is 0.0168. The molecule has 1 unspecified atom stereocenters. The molecular formula is C13H17N3O. The van der Waals surface area contributed by atoms with Gasteiger partial charge in [0.2, 0.25) is 5.91 Å². The van der Waals surface area contributed by atoms with E-state index in [4.69, 9.17) is 0 Å². The van der Waals surface area contributed by atoms with Gasteiger partial charge in [-0.05, 0) is 32.9 Å². The van der Waals surface area contributed by atoms with Crippen molar-refractivity contribution in [2.75, 3.05) is 0 Å². The summed E-state index contributed by atoms with van der Waals surface area (Å²) in [5.74, 6) is 0.0168. The Morgan fingerprint density at radius 1 is 1.29 bits per heavy atom. The second-order valence-electron chi connectivity index (χ2n) is 4.48. The number of imidazole rings is 1. The van der Waals surface area contributed by atoms with Crippen LogP contribution in [-0.4, -0.2) is 21.5 Å². The number of hydrogen-bond acceptors (Lipinski definition) is 2. The van der Waals surface area contributed by atoms with Crippen molar-refractivity contribution < 1.29 is 4.79 Å². The van der Waals surface area contributed by atoms with Gasteiger partial charge in [0.25, 0.3) is 0 Å². The number of para-hydroxylation sites is 2. The largest absolute Gasteiger partial charge is 0.352 e. The molecule has 0 radical (unpaired) electrons. The minimum Gasteiger partial charge on any atom is -0.352 e. The van der Waals surface area contributed by atoms with E-state index in [1.807, 2.05) is 49.6 Å². The number of carbonyl (C=O) groups excluding carboxylic acids is 1. The number of amides is 1. The van der Waals surface area contributed by atoms with Crippen molar-refractivity contribution in [1.82, 2.24) is 14.9 Å². The quantitative estimate of drug-likeness (QED) is 0.879. The lowest BCUT2D eigenvalue weighted by molar-refractivity contribution is -0.124.